The summed E-state index contributed by atoms with van der Waals surface area (Å²) in [4.78, 5) is 2.31. The summed E-state index contributed by atoms with van der Waals surface area (Å²) in [7, 11) is 0. The van der Waals surface area contributed by atoms with Crippen LogP contribution in [0.25, 0.3) is 0 Å². The van der Waals surface area contributed by atoms with E-state index < -0.39 is 11.6 Å². The SMILES string of the molecule is Cc1ccc(CNc2cc(F)c(C)cc2F)s1. The third-order valence-electron chi connectivity index (χ3n) is 2.50. The average molecular weight is 253 g/mol. The van der Waals surface area contributed by atoms with Gasteiger partial charge in [0.05, 0.1) is 5.69 Å². The minimum atomic E-state index is -0.419. The molecule has 0 amide bonds. The second kappa shape index (κ2) is 4.84. The van der Waals surface area contributed by atoms with Gasteiger partial charge in [0.2, 0.25) is 0 Å². The first-order valence-corrected chi connectivity index (χ1v) is 6.13. The zero-order valence-corrected chi connectivity index (χ0v) is 10.5. The second-order valence-corrected chi connectivity index (χ2v) is 5.32. The average Bonchev–Trinajstić information content (AvgIpc) is 2.68. The standard InChI is InChI=1S/C13H13F2NS/c1-8-5-12(15)13(6-11(8)14)16-7-10-4-3-9(2)17-10/h3-6,16H,7H2,1-2H3. The lowest BCUT2D eigenvalue weighted by Crippen LogP contribution is -2.01. The first-order chi connectivity index (χ1) is 8.06. The van der Waals surface area contributed by atoms with E-state index in [1.54, 1.807) is 18.3 Å². The largest absolute Gasteiger partial charge is 0.378 e. The summed E-state index contributed by atoms with van der Waals surface area (Å²) in [6.45, 7) is 4.07. The Morgan fingerprint density at radius 2 is 1.88 bits per heavy atom. The van der Waals surface area contributed by atoms with Crippen molar-refractivity contribution in [3.8, 4) is 0 Å². The predicted octanol–water partition coefficient (Wildman–Crippen LogP) is 4.26. The Hall–Kier alpha value is -1.42. The van der Waals surface area contributed by atoms with E-state index in [9.17, 15) is 8.78 Å². The Labute approximate surface area is 103 Å². The van der Waals surface area contributed by atoms with Crippen molar-refractivity contribution in [1.29, 1.82) is 0 Å². The molecule has 0 spiro atoms. The highest BCUT2D eigenvalue weighted by Gasteiger charge is 2.07. The van der Waals surface area contributed by atoms with Gasteiger partial charge in [0.25, 0.3) is 0 Å². The lowest BCUT2D eigenvalue weighted by atomic mass is 10.2. The molecule has 1 N–H and O–H groups in total. The van der Waals surface area contributed by atoms with Gasteiger partial charge in [0.1, 0.15) is 11.6 Å². The van der Waals surface area contributed by atoms with Gasteiger partial charge < -0.3 is 5.32 Å². The third kappa shape index (κ3) is 2.82. The van der Waals surface area contributed by atoms with Crippen LogP contribution in [0.5, 0.6) is 0 Å². The molecule has 1 nitrogen and oxygen atoms in total. The molecule has 1 aromatic carbocycles. The Bertz CT molecular complexity index is 534. The number of benzene rings is 1. The van der Waals surface area contributed by atoms with E-state index >= 15 is 0 Å². The maximum atomic E-state index is 13.5. The van der Waals surface area contributed by atoms with E-state index in [-0.39, 0.29) is 5.69 Å². The van der Waals surface area contributed by atoms with Gasteiger partial charge in [0.15, 0.2) is 0 Å². The smallest absolute Gasteiger partial charge is 0.146 e. The van der Waals surface area contributed by atoms with Crippen LogP contribution in [-0.4, -0.2) is 0 Å². The zero-order chi connectivity index (χ0) is 12.4. The maximum absolute atomic E-state index is 13.5. The van der Waals surface area contributed by atoms with Crippen LogP contribution >= 0.6 is 11.3 Å². The summed E-state index contributed by atoms with van der Waals surface area (Å²) in [6.07, 6.45) is 0. The summed E-state index contributed by atoms with van der Waals surface area (Å²) in [5.41, 5.74) is 0.527. The van der Waals surface area contributed by atoms with Crippen LogP contribution in [0.2, 0.25) is 0 Å². The number of nitrogens with one attached hydrogen (secondary N) is 1. The van der Waals surface area contributed by atoms with Gasteiger partial charge in [-0.15, -0.1) is 11.3 Å². The fourth-order valence-corrected chi connectivity index (χ4v) is 2.37. The number of hydrogen-bond donors (Lipinski definition) is 1. The molecule has 0 saturated heterocycles. The molecular weight excluding hydrogens is 240 g/mol. The monoisotopic (exact) mass is 253 g/mol. The van der Waals surface area contributed by atoms with Crippen molar-refractivity contribution in [2.75, 3.05) is 5.32 Å². The molecule has 4 heteroatoms. The van der Waals surface area contributed by atoms with Crippen molar-refractivity contribution in [3.05, 3.63) is 51.2 Å². The molecule has 0 bridgehead atoms. The number of anilines is 1. The van der Waals surface area contributed by atoms with E-state index in [0.717, 1.165) is 4.88 Å². The number of aryl methyl sites for hydroxylation is 2. The lowest BCUT2D eigenvalue weighted by Gasteiger charge is -2.07. The minimum absolute atomic E-state index is 0.208. The summed E-state index contributed by atoms with van der Waals surface area (Å²) >= 11 is 1.64. The molecule has 0 aliphatic heterocycles. The van der Waals surface area contributed by atoms with Crippen LogP contribution in [0.1, 0.15) is 15.3 Å². The molecule has 0 aliphatic carbocycles. The lowest BCUT2D eigenvalue weighted by molar-refractivity contribution is 0.594. The quantitative estimate of drug-likeness (QED) is 0.862. The minimum Gasteiger partial charge on any atom is -0.378 e. The van der Waals surface area contributed by atoms with Gasteiger partial charge in [-0.05, 0) is 37.6 Å². The molecule has 0 aliphatic rings. The summed E-state index contributed by atoms with van der Waals surface area (Å²) < 4.78 is 26.8. The van der Waals surface area contributed by atoms with Gasteiger partial charge in [-0.2, -0.15) is 0 Å². The van der Waals surface area contributed by atoms with E-state index in [2.05, 4.69) is 5.32 Å². The Morgan fingerprint density at radius 1 is 1.12 bits per heavy atom. The third-order valence-corrected chi connectivity index (χ3v) is 3.50. The van der Waals surface area contributed by atoms with Gasteiger partial charge in [0, 0.05) is 22.4 Å². The van der Waals surface area contributed by atoms with Gasteiger partial charge in [-0.25, -0.2) is 8.78 Å². The molecule has 0 atom stereocenters. The van der Waals surface area contributed by atoms with Crippen LogP contribution in [0.15, 0.2) is 24.3 Å². The highest BCUT2D eigenvalue weighted by atomic mass is 32.1. The number of hydrogen-bond acceptors (Lipinski definition) is 2. The molecule has 2 aromatic rings. The highest BCUT2D eigenvalue weighted by Crippen LogP contribution is 2.21. The van der Waals surface area contributed by atoms with Crippen LogP contribution in [0.3, 0.4) is 0 Å². The molecule has 17 heavy (non-hydrogen) atoms. The molecule has 1 heterocycles. The van der Waals surface area contributed by atoms with E-state index in [1.165, 1.54) is 17.0 Å². The van der Waals surface area contributed by atoms with Crippen LogP contribution in [0.4, 0.5) is 14.5 Å². The van der Waals surface area contributed by atoms with Gasteiger partial charge >= 0.3 is 0 Å². The molecular formula is C13H13F2NS. The predicted molar refractivity (Wildman–Crippen MR) is 67.5 cm³/mol. The summed E-state index contributed by atoms with van der Waals surface area (Å²) in [5.74, 6) is -0.812. The van der Waals surface area contributed by atoms with Crippen molar-refractivity contribution in [2.45, 2.75) is 20.4 Å². The Morgan fingerprint density at radius 3 is 2.53 bits per heavy atom. The summed E-state index contributed by atoms with van der Waals surface area (Å²) in [6, 6.07) is 6.39. The van der Waals surface area contributed by atoms with Crippen LogP contribution in [-0.2, 0) is 6.54 Å². The van der Waals surface area contributed by atoms with Crippen molar-refractivity contribution in [2.24, 2.45) is 0 Å². The normalized spacial score (nSPS) is 10.6. The fraction of sp³-hybridized carbons (Fsp3) is 0.231. The van der Waals surface area contributed by atoms with Gasteiger partial charge in [-0.3, -0.25) is 0 Å². The highest BCUT2D eigenvalue weighted by molar-refractivity contribution is 7.11. The van der Waals surface area contributed by atoms with Crippen LogP contribution < -0.4 is 5.32 Å². The van der Waals surface area contributed by atoms with Crippen LogP contribution in [0, 0.1) is 25.5 Å². The van der Waals surface area contributed by atoms with E-state index in [4.69, 9.17) is 0 Å². The van der Waals surface area contributed by atoms with Crippen molar-refractivity contribution < 1.29 is 8.78 Å². The molecule has 0 fully saturated rings. The molecule has 0 unspecified atom stereocenters. The van der Waals surface area contributed by atoms with Gasteiger partial charge in [-0.1, -0.05) is 0 Å². The first kappa shape index (κ1) is 12.0. The molecule has 0 saturated carbocycles. The van der Waals surface area contributed by atoms with E-state index in [1.807, 2.05) is 19.1 Å². The molecule has 1 aromatic heterocycles. The fourth-order valence-electron chi connectivity index (χ4n) is 1.54. The van der Waals surface area contributed by atoms with Crippen molar-refractivity contribution in [3.63, 3.8) is 0 Å². The summed E-state index contributed by atoms with van der Waals surface area (Å²) in [5, 5.41) is 2.91. The maximum Gasteiger partial charge on any atom is 0.146 e. The van der Waals surface area contributed by atoms with Crippen molar-refractivity contribution in [1.82, 2.24) is 0 Å². The number of thiophene rings is 1. The topological polar surface area (TPSA) is 12.0 Å². The van der Waals surface area contributed by atoms with E-state index in [0.29, 0.717) is 12.1 Å². The molecule has 0 radical (unpaired) electrons. The Kier molecular flexibility index (Phi) is 3.43. The van der Waals surface area contributed by atoms with Crippen molar-refractivity contribution >= 4 is 17.0 Å². The molecule has 90 valence electrons. The number of halogens is 2. The zero-order valence-electron chi connectivity index (χ0n) is 9.68. The number of rotatable bonds is 3. The Balaban J connectivity index is 2.11. The first-order valence-electron chi connectivity index (χ1n) is 5.31. The molecule has 2 rings (SSSR count). The second-order valence-electron chi connectivity index (χ2n) is 3.95.